The summed E-state index contributed by atoms with van der Waals surface area (Å²) in [6.07, 6.45) is 5.42. The molecule has 1 aromatic carbocycles. The summed E-state index contributed by atoms with van der Waals surface area (Å²) < 4.78 is 27.2. The lowest BCUT2D eigenvalue weighted by Gasteiger charge is -2.33. The van der Waals surface area contributed by atoms with Gasteiger partial charge >= 0.3 is 0 Å². The molecule has 1 aliphatic carbocycles. The first-order valence-electron chi connectivity index (χ1n) is 10.4. The molecule has 5 nitrogen and oxygen atoms in total. The highest BCUT2D eigenvalue weighted by Gasteiger charge is 2.33. The maximum atomic E-state index is 12.7. The molecule has 2 heterocycles. The molecular formula is C22H28N2O3S2. The van der Waals surface area contributed by atoms with Crippen molar-refractivity contribution in [1.29, 1.82) is 0 Å². The number of amides is 1. The fourth-order valence-corrected chi connectivity index (χ4v) is 7.13. The molecule has 0 radical (unpaired) electrons. The number of hydrogen-bond donors (Lipinski definition) is 1. The zero-order chi connectivity index (χ0) is 20.3. The number of carbonyl (C=O) groups is 1. The first-order chi connectivity index (χ1) is 14.0. The highest BCUT2D eigenvalue weighted by Crippen LogP contribution is 2.33. The van der Waals surface area contributed by atoms with Crippen molar-refractivity contribution in [1.82, 2.24) is 9.62 Å². The Morgan fingerprint density at radius 1 is 0.931 bits per heavy atom. The first-order valence-corrected chi connectivity index (χ1v) is 12.7. The molecule has 1 saturated heterocycles. The van der Waals surface area contributed by atoms with Crippen LogP contribution in [0.3, 0.4) is 0 Å². The Hall–Kier alpha value is -1.70. The molecule has 4 rings (SSSR count). The Kier molecular flexibility index (Phi) is 6.37. The standard InChI is InChI=1S/C22H28N2O3S2/c25-22(23-20-10-8-18(9-11-20)17-5-2-1-3-6-17)19-12-14-24(15-13-19)29(26,27)21-7-4-16-28-21/h1-7,16,18-20H,8-15H2,(H,23,25). The van der Waals surface area contributed by atoms with Crippen LogP contribution in [0.2, 0.25) is 0 Å². The maximum Gasteiger partial charge on any atom is 0.252 e. The molecule has 156 valence electrons. The van der Waals surface area contributed by atoms with E-state index in [2.05, 4.69) is 29.6 Å². The number of piperidine rings is 1. The lowest BCUT2D eigenvalue weighted by Crippen LogP contribution is -2.45. The van der Waals surface area contributed by atoms with Crippen molar-refractivity contribution in [3.63, 3.8) is 0 Å². The van der Waals surface area contributed by atoms with Gasteiger partial charge in [0.2, 0.25) is 5.91 Å². The van der Waals surface area contributed by atoms with Crippen LogP contribution in [-0.2, 0) is 14.8 Å². The second-order valence-electron chi connectivity index (χ2n) is 8.08. The molecule has 1 aromatic heterocycles. The zero-order valence-electron chi connectivity index (χ0n) is 16.5. The first kappa shape index (κ1) is 20.6. The van der Waals surface area contributed by atoms with Gasteiger partial charge in [-0.3, -0.25) is 4.79 Å². The highest BCUT2D eigenvalue weighted by atomic mass is 32.2. The van der Waals surface area contributed by atoms with Gasteiger partial charge in [0.15, 0.2) is 0 Å². The molecule has 0 unspecified atom stereocenters. The minimum atomic E-state index is -3.41. The Balaban J connectivity index is 1.25. The van der Waals surface area contributed by atoms with E-state index in [1.807, 2.05) is 6.07 Å². The van der Waals surface area contributed by atoms with E-state index >= 15 is 0 Å². The van der Waals surface area contributed by atoms with Crippen molar-refractivity contribution in [2.45, 2.75) is 54.7 Å². The van der Waals surface area contributed by atoms with Gasteiger partial charge in [-0.25, -0.2) is 8.42 Å². The van der Waals surface area contributed by atoms with Crippen LogP contribution < -0.4 is 5.32 Å². The van der Waals surface area contributed by atoms with E-state index in [1.165, 1.54) is 21.2 Å². The molecule has 2 aromatic rings. The van der Waals surface area contributed by atoms with E-state index in [1.54, 1.807) is 17.5 Å². The summed E-state index contributed by atoms with van der Waals surface area (Å²) in [5.74, 6) is 0.605. The van der Waals surface area contributed by atoms with Crippen LogP contribution in [0.1, 0.15) is 50.0 Å². The maximum absolute atomic E-state index is 12.7. The summed E-state index contributed by atoms with van der Waals surface area (Å²) in [6.45, 7) is 0.831. The third kappa shape index (κ3) is 4.73. The van der Waals surface area contributed by atoms with Crippen molar-refractivity contribution in [3.8, 4) is 0 Å². The van der Waals surface area contributed by atoms with Gasteiger partial charge in [0.25, 0.3) is 10.0 Å². The van der Waals surface area contributed by atoms with Crippen LogP contribution in [0.5, 0.6) is 0 Å². The molecule has 2 aliphatic rings. The average Bonchev–Trinajstić information content (AvgIpc) is 3.31. The molecule has 1 amide bonds. The molecule has 0 spiro atoms. The van der Waals surface area contributed by atoms with E-state index in [0.29, 0.717) is 36.1 Å². The molecule has 0 atom stereocenters. The van der Waals surface area contributed by atoms with Crippen LogP contribution >= 0.6 is 11.3 Å². The Morgan fingerprint density at radius 3 is 2.24 bits per heavy atom. The average molecular weight is 433 g/mol. The fourth-order valence-electron chi connectivity index (χ4n) is 4.51. The molecule has 0 bridgehead atoms. The van der Waals surface area contributed by atoms with Gasteiger partial charge in [-0.05, 0) is 61.5 Å². The number of rotatable bonds is 5. The third-order valence-corrected chi connectivity index (χ3v) is 9.53. The van der Waals surface area contributed by atoms with Gasteiger partial charge in [0, 0.05) is 25.0 Å². The SMILES string of the molecule is O=C(NC1CCC(c2ccccc2)CC1)C1CCN(S(=O)(=O)c2cccs2)CC1. The molecular weight excluding hydrogens is 404 g/mol. The number of benzene rings is 1. The van der Waals surface area contributed by atoms with E-state index in [-0.39, 0.29) is 17.9 Å². The second-order valence-corrected chi connectivity index (χ2v) is 11.2. The Labute approximate surface area is 177 Å². The summed E-state index contributed by atoms with van der Waals surface area (Å²) in [4.78, 5) is 12.7. The van der Waals surface area contributed by atoms with Crippen LogP contribution in [-0.4, -0.2) is 37.8 Å². The van der Waals surface area contributed by atoms with Gasteiger partial charge in [0.1, 0.15) is 4.21 Å². The van der Waals surface area contributed by atoms with Gasteiger partial charge < -0.3 is 5.32 Å². The number of thiophene rings is 1. The van der Waals surface area contributed by atoms with Crippen molar-refractivity contribution in [3.05, 3.63) is 53.4 Å². The summed E-state index contributed by atoms with van der Waals surface area (Å²) in [5, 5.41) is 5.01. The van der Waals surface area contributed by atoms with Crippen molar-refractivity contribution in [2.24, 2.45) is 5.92 Å². The van der Waals surface area contributed by atoms with Gasteiger partial charge in [0.05, 0.1) is 0 Å². The Morgan fingerprint density at radius 2 is 1.62 bits per heavy atom. The second kappa shape index (κ2) is 8.98. The van der Waals surface area contributed by atoms with Crippen molar-refractivity contribution < 1.29 is 13.2 Å². The predicted octanol–water partition coefficient (Wildman–Crippen LogP) is 3.99. The largest absolute Gasteiger partial charge is 0.353 e. The van der Waals surface area contributed by atoms with Crippen LogP contribution in [0.15, 0.2) is 52.1 Å². The topological polar surface area (TPSA) is 66.5 Å². The smallest absolute Gasteiger partial charge is 0.252 e. The minimum Gasteiger partial charge on any atom is -0.353 e. The van der Waals surface area contributed by atoms with Gasteiger partial charge in [-0.2, -0.15) is 4.31 Å². The third-order valence-electron chi connectivity index (χ3n) is 6.26. The number of hydrogen-bond acceptors (Lipinski definition) is 4. The van der Waals surface area contributed by atoms with Crippen LogP contribution in [0, 0.1) is 5.92 Å². The van der Waals surface area contributed by atoms with E-state index in [4.69, 9.17) is 0 Å². The molecule has 1 N–H and O–H groups in total. The number of carbonyl (C=O) groups excluding carboxylic acids is 1. The van der Waals surface area contributed by atoms with Crippen molar-refractivity contribution in [2.75, 3.05) is 13.1 Å². The molecule has 29 heavy (non-hydrogen) atoms. The van der Waals surface area contributed by atoms with E-state index in [9.17, 15) is 13.2 Å². The summed E-state index contributed by atoms with van der Waals surface area (Å²) in [6, 6.07) is 14.3. The summed E-state index contributed by atoms with van der Waals surface area (Å²) in [7, 11) is -3.41. The fraction of sp³-hybridized carbons (Fsp3) is 0.500. The normalized spacial score (nSPS) is 24.3. The van der Waals surface area contributed by atoms with Crippen LogP contribution in [0.25, 0.3) is 0 Å². The quantitative estimate of drug-likeness (QED) is 0.777. The monoisotopic (exact) mass is 432 g/mol. The zero-order valence-corrected chi connectivity index (χ0v) is 18.1. The molecule has 1 aliphatic heterocycles. The van der Waals surface area contributed by atoms with Crippen LogP contribution in [0.4, 0.5) is 0 Å². The molecule has 1 saturated carbocycles. The number of nitrogens with zero attached hydrogens (tertiary/aromatic N) is 1. The van der Waals surface area contributed by atoms with E-state index < -0.39 is 10.0 Å². The molecule has 7 heteroatoms. The molecule has 2 fully saturated rings. The Bertz CT molecular complexity index is 897. The summed E-state index contributed by atoms with van der Waals surface area (Å²) in [5.41, 5.74) is 1.40. The van der Waals surface area contributed by atoms with Crippen molar-refractivity contribution >= 4 is 27.3 Å². The van der Waals surface area contributed by atoms with Gasteiger partial charge in [-0.15, -0.1) is 11.3 Å². The lowest BCUT2D eigenvalue weighted by molar-refractivity contribution is -0.127. The number of nitrogens with one attached hydrogen (secondary N) is 1. The van der Waals surface area contributed by atoms with E-state index in [0.717, 1.165) is 25.7 Å². The predicted molar refractivity (Wildman–Crippen MR) is 115 cm³/mol. The number of sulfonamides is 1. The highest BCUT2D eigenvalue weighted by molar-refractivity contribution is 7.91. The summed E-state index contributed by atoms with van der Waals surface area (Å²) >= 11 is 1.24. The lowest BCUT2D eigenvalue weighted by atomic mass is 9.81. The van der Waals surface area contributed by atoms with Gasteiger partial charge in [-0.1, -0.05) is 36.4 Å². The minimum absolute atomic E-state index is 0.0865.